The van der Waals surface area contributed by atoms with Crippen molar-refractivity contribution >= 4 is 51.7 Å². The van der Waals surface area contributed by atoms with E-state index < -0.39 is 0 Å². The van der Waals surface area contributed by atoms with Crippen molar-refractivity contribution in [3.8, 4) is 22.9 Å². The first-order chi connectivity index (χ1) is 21.6. The molecule has 7 rings (SSSR count). The zero-order valence-electron chi connectivity index (χ0n) is 24.0. The summed E-state index contributed by atoms with van der Waals surface area (Å²) in [5, 5.41) is 11.9. The third-order valence-corrected chi connectivity index (χ3v) is 8.95. The Labute approximate surface area is 261 Å². The standard InChI is InChI=1S/C39H28N4S/c1-27(41-2)34-15-6-7-16-39(34)44-42-21-9-12-32(26-42)30-11-8-10-29(23-30)31-18-20-36-35-19-17-28(25-40)22-37(35)43(38(36)24-31)33-13-4-3-5-14-33/h3-20,22-24,26H,1-2,21H2. The summed E-state index contributed by atoms with van der Waals surface area (Å²) < 4.78 is 4.49. The highest BCUT2D eigenvalue weighted by molar-refractivity contribution is 7.97. The minimum Gasteiger partial charge on any atom is -0.315 e. The van der Waals surface area contributed by atoms with Crippen LogP contribution in [0.15, 0.2) is 150 Å². The lowest BCUT2D eigenvalue weighted by molar-refractivity contribution is 0.693. The van der Waals surface area contributed by atoms with Crippen LogP contribution >= 0.6 is 11.9 Å². The normalized spacial score (nSPS) is 12.7. The largest absolute Gasteiger partial charge is 0.315 e. The minimum absolute atomic E-state index is 0.650. The molecule has 0 saturated carbocycles. The Morgan fingerprint density at radius 3 is 2.32 bits per heavy atom. The third kappa shape index (κ3) is 5.02. The van der Waals surface area contributed by atoms with E-state index in [4.69, 9.17) is 0 Å². The molecule has 0 fully saturated rings. The molecule has 0 saturated heterocycles. The van der Waals surface area contributed by atoms with Crippen LogP contribution in [0.2, 0.25) is 0 Å². The van der Waals surface area contributed by atoms with Gasteiger partial charge in [0.15, 0.2) is 0 Å². The molecule has 1 aliphatic rings. The van der Waals surface area contributed by atoms with Crippen molar-refractivity contribution in [2.45, 2.75) is 4.90 Å². The van der Waals surface area contributed by atoms with E-state index in [0.29, 0.717) is 11.3 Å². The zero-order chi connectivity index (χ0) is 30.0. The average molecular weight is 585 g/mol. The number of hydrogen-bond acceptors (Lipinski definition) is 4. The van der Waals surface area contributed by atoms with Crippen LogP contribution in [0.5, 0.6) is 0 Å². The van der Waals surface area contributed by atoms with Gasteiger partial charge in [-0.05, 0) is 83.4 Å². The van der Waals surface area contributed by atoms with Crippen LogP contribution in [0.4, 0.5) is 0 Å². The number of allylic oxidation sites excluding steroid dienone is 2. The molecule has 210 valence electrons. The van der Waals surface area contributed by atoms with Crippen LogP contribution in [0, 0.1) is 11.3 Å². The highest BCUT2D eigenvalue weighted by atomic mass is 32.2. The Morgan fingerprint density at radius 2 is 1.50 bits per heavy atom. The summed E-state index contributed by atoms with van der Waals surface area (Å²) >= 11 is 1.67. The Balaban J connectivity index is 1.27. The molecule has 2 heterocycles. The molecule has 4 nitrogen and oxygen atoms in total. The third-order valence-electron chi connectivity index (χ3n) is 7.91. The lowest BCUT2D eigenvalue weighted by atomic mass is 9.98. The summed E-state index contributed by atoms with van der Waals surface area (Å²) in [4.78, 5) is 5.15. The van der Waals surface area contributed by atoms with Crippen LogP contribution in [0.3, 0.4) is 0 Å². The molecule has 6 aromatic rings. The highest BCUT2D eigenvalue weighted by Gasteiger charge is 2.16. The van der Waals surface area contributed by atoms with Crippen molar-refractivity contribution in [2.75, 3.05) is 6.54 Å². The molecule has 0 bridgehead atoms. The number of aliphatic imine (C=N–C) groups is 1. The van der Waals surface area contributed by atoms with Crippen molar-refractivity contribution in [1.82, 2.24) is 8.87 Å². The van der Waals surface area contributed by atoms with Crippen LogP contribution in [0.1, 0.15) is 16.7 Å². The second-order valence-electron chi connectivity index (χ2n) is 10.6. The quantitative estimate of drug-likeness (QED) is 0.139. The Morgan fingerprint density at radius 1 is 0.773 bits per heavy atom. The molecule has 0 radical (unpaired) electrons. The van der Waals surface area contributed by atoms with Crippen molar-refractivity contribution in [1.29, 1.82) is 5.26 Å². The zero-order valence-corrected chi connectivity index (χ0v) is 24.8. The molecular formula is C39H28N4S. The van der Waals surface area contributed by atoms with E-state index in [0.717, 1.165) is 66.8 Å². The summed E-state index contributed by atoms with van der Waals surface area (Å²) in [5.74, 6) is 0. The van der Waals surface area contributed by atoms with E-state index in [2.05, 4.69) is 118 Å². The smallest absolute Gasteiger partial charge is 0.0992 e. The van der Waals surface area contributed by atoms with E-state index in [-0.39, 0.29) is 0 Å². The van der Waals surface area contributed by atoms with Gasteiger partial charge >= 0.3 is 0 Å². The fraction of sp³-hybridized carbons (Fsp3) is 0.0256. The number of hydrogen-bond donors (Lipinski definition) is 0. The molecule has 0 spiro atoms. The molecule has 0 aliphatic carbocycles. The summed E-state index contributed by atoms with van der Waals surface area (Å²) in [5.41, 5.74) is 10.1. The molecular weight excluding hydrogens is 557 g/mol. The molecule has 0 N–H and O–H groups in total. The van der Waals surface area contributed by atoms with E-state index in [1.54, 1.807) is 11.9 Å². The number of aromatic nitrogens is 1. The Hall–Kier alpha value is -5.57. The van der Waals surface area contributed by atoms with Crippen LogP contribution in [0.25, 0.3) is 49.9 Å². The van der Waals surface area contributed by atoms with Gasteiger partial charge in [-0.3, -0.25) is 4.99 Å². The predicted octanol–water partition coefficient (Wildman–Crippen LogP) is 9.91. The van der Waals surface area contributed by atoms with Crippen molar-refractivity contribution < 1.29 is 0 Å². The fourth-order valence-corrected chi connectivity index (χ4v) is 6.77. The summed E-state index contributed by atoms with van der Waals surface area (Å²) in [6.45, 7) is 8.51. The summed E-state index contributed by atoms with van der Waals surface area (Å²) in [6.07, 6.45) is 6.58. The Kier molecular flexibility index (Phi) is 7.19. The van der Waals surface area contributed by atoms with E-state index >= 15 is 0 Å². The van der Waals surface area contributed by atoms with Gasteiger partial charge in [-0.2, -0.15) is 5.26 Å². The van der Waals surface area contributed by atoms with Gasteiger partial charge in [0.2, 0.25) is 0 Å². The number of para-hydroxylation sites is 1. The molecule has 0 atom stereocenters. The van der Waals surface area contributed by atoms with Gasteiger partial charge in [-0.25, -0.2) is 0 Å². The van der Waals surface area contributed by atoms with Gasteiger partial charge < -0.3 is 8.87 Å². The SMILES string of the molecule is C=NC(=C)c1ccccc1SN1C=C(c2cccc(-c3ccc4c5ccc(C#N)cc5n(-c5ccccc5)c4c3)c2)C=CC1. The van der Waals surface area contributed by atoms with Gasteiger partial charge in [0.05, 0.1) is 28.4 Å². The first-order valence-electron chi connectivity index (χ1n) is 14.4. The minimum atomic E-state index is 0.650. The first-order valence-corrected chi connectivity index (χ1v) is 15.1. The van der Waals surface area contributed by atoms with Gasteiger partial charge in [0, 0.05) is 39.7 Å². The van der Waals surface area contributed by atoms with Crippen LogP contribution < -0.4 is 0 Å². The maximum atomic E-state index is 9.61. The Bertz CT molecular complexity index is 2180. The molecule has 1 aromatic heterocycles. The molecule has 5 aromatic carbocycles. The number of fused-ring (bicyclic) bond motifs is 3. The van der Waals surface area contributed by atoms with E-state index in [1.807, 2.05) is 48.5 Å². The topological polar surface area (TPSA) is 44.3 Å². The first kappa shape index (κ1) is 27.3. The lowest BCUT2D eigenvalue weighted by Crippen LogP contribution is -2.12. The van der Waals surface area contributed by atoms with Crippen LogP contribution in [-0.2, 0) is 0 Å². The van der Waals surface area contributed by atoms with Gasteiger partial charge in [0.1, 0.15) is 0 Å². The van der Waals surface area contributed by atoms with Gasteiger partial charge in [-0.1, -0.05) is 91.5 Å². The lowest BCUT2D eigenvalue weighted by Gasteiger charge is -2.23. The van der Waals surface area contributed by atoms with Crippen molar-refractivity contribution in [3.05, 3.63) is 157 Å². The highest BCUT2D eigenvalue weighted by Crippen LogP contribution is 2.37. The second kappa shape index (κ2) is 11.6. The molecule has 44 heavy (non-hydrogen) atoms. The monoisotopic (exact) mass is 584 g/mol. The van der Waals surface area contributed by atoms with Crippen molar-refractivity contribution in [3.63, 3.8) is 0 Å². The fourth-order valence-electron chi connectivity index (χ4n) is 5.77. The molecule has 0 unspecified atom stereocenters. The predicted molar refractivity (Wildman–Crippen MR) is 186 cm³/mol. The average Bonchev–Trinajstić information content (AvgIpc) is 3.41. The maximum Gasteiger partial charge on any atom is 0.0992 e. The number of nitrogens with zero attached hydrogens (tertiary/aromatic N) is 4. The van der Waals surface area contributed by atoms with E-state index in [1.165, 1.54) is 0 Å². The maximum absolute atomic E-state index is 9.61. The van der Waals surface area contributed by atoms with Crippen molar-refractivity contribution in [2.24, 2.45) is 4.99 Å². The summed E-state index contributed by atoms with van der Waals surface area (Å²) in [6, 6.07) is 42.1. The molecule has 1 aliphatic heterocycles. The van der Waals surface area contributed by atoms with Gasteiger partial charge in [-0.15, -0.1) is 0 Å². The second-order valence-corrected chi connectivity index (χ2v) is 11.7. The van der Waals surface area contributed by atoms with Crippen LogP contribution in [-0.4, -0.2) is 22.1 Å². The molecule has 0 amide bonds. The van der Waals surface area contributed by atoms with E-state index in [9.17, 15) is 5.26 Å². The molecule has 5 heteroatoms. The van der Waals surface area contributed by atoms with Gasteiger partial charge in [0.25, 0.3) is 0 Å². The number of benzene rings is 5. The number of nitriles is 1. The summed E-state index contributed by atoms with van der Waals surface area (Å²) in [7, 11) is 0. The number of rotatable bonds is 7.